The van der Waals surface area contributed by atoms with Crippen molar-refractivity contribution < 1.29 is 14.7 Å². The van der Waals surface area contributed by atoms with Gasteiger partial charge in [-0.3, -0.25) is 9.59 Å². The molecule has 6 nitrogen and oxygen atoms in total. The Morgan fingerprint density at radius 2 is 2.04 bits per heavy atom. The quantitative estimate of drug-likeness (QED) is 0.855. The second-order valence-corrected chi connectivity index (χ2v) is 6.06. The van der Waals surface area contributed by atoms with Gasteiger partial charge in [-0.15, -0.1) is 0 Å². The van der Waals surface area contributed by atoms with E-state index in [1.807, 2.05) is 6.07 Å². The zero-order chi connectivity index (χ0) is 17.4. The third-order valence-electron chi connectivity index (χ3n) is 4.33. The number of carbonyl (C=O) groups excluding carboxylic acids is 2. The fourth-order valence-corrected chi connectivity index (χ4v) is 2.82. The number of nitrogens with zero attached hydrogens (tertiary/aromatic N) is 2. The molecule has 2 rings (SSSR count). The first-order chi connectivity index (χ1) is 11.6. The molecular formula is C18H23N3O3. The van der Waals surface area contributed by atoms with Crippen LogP contribution in [-0.4, -0.2) is 48.1 Å². The van der Waals surface area contributed by atoms with Gasteiger partial charge in [-0.2, -0.15) is 5.26 Å². The summed E-state index contributed by atoms with van der Waals surface area (Å²) in [6, 6.07) is 8.55. The first-order valence-electron chi connectivity index (χ1n) is 8.31. The molecule has 1 aliphatic heterocycles. The van der Waals surface area contributed by atoms with E-state index < -0.39 is 0 Å². The predicted octanol–water partition coefficient (Wildman–Crippen LogP) is 1.30. The topological polar surface area (TPSA) is 93.4 Å². The van der Waals surface area contributed by atoms with E-state index in [0.717, 1.165) is 19.3 Å². The lowest BCUT2D eigenvalue weighted by atomic mass is 10.00. The summed E-state index contributed by atoms with van der Waals surface area (Å²) in [5.74, 6) is -0.0615. The van der Waals surface area contributed by atoms with Crippen molar-refractivity contribution in [3.05, 3.63) is 35.4 Å². The zero-order valence-corrected chi connectivity index (χ0v) is 13.7. The molecule has 6 heteroatoms. The minimum absolute atomic E-state index is 0.0776. The van der Waals surface area contributed by atoms with Crippen molar-refractivity contribution in [1.29, 1.82) is 5.26 Å². The molecule has 0 radical (unpaired) electrons. The number of amides is 2. The van der Waals surface area contributed by atoms with E-state index in [2.05, 4.69) is 5.32 Å². The predicted molar refractivity (Wildman–Crippen MR) is 89.1 cm³/mol. The Balaban J connectivity index is 2.07. The molecule has 2 amide bonds. The smallest absolute Gasteiger partial charge is 0.253 e. The van der Waals surface area contributed by atoms with E-state index in [0.29, 0.717) is 30.8 Å². The van der Waals surface area contributed by atoms with Crippen LogP contribution in [0.3, 0.4) is 0 Å². The van der Waals surface area contributed by atoms with Crippen LogP contribution in [0, 0.1) is 17.2 Å². The normalized spacial score (nSPS) is 19.8. The van der Waals surface area contributed by atoms with Gasteiger partial charge in [0.15, 0.2) is 0 Å². The Morgan fingerprint density at radius 3 is 2.71 bits per heavy atom. The number of aliphatic hydroxyl groups excluding tert-OH is 1. The fourth-order valence-electron chi connectivity index (χ4n) is 2.82. The van der Waals surface area contributed by atoms with Crippen molar-refractivity contribution in [3.63, 3.8) is 0 Å². The van der Waals surface area contributed by atoms with Gasteiger partial charge in [-0.1, -0.05) is 0 Å². The average molecular weight is 329 g/mol. The minimum Gasteiger partial charge on any atom is -0.396 e. The second kappa shape index (κ2) is 9.04. The third-order valence-corrected chi connectivity index (χ3v) is 4.33. The highest BCUT2D eigenvalue weighted by Gasteiger charge is 2.19. The van der Waals surface area contributed by atoms with E-state index in [9.17, 15) is 14.7 Å². The van der Waals surface area contributed by atoms with Crippen LogP contribution in [0.4, 0.5) is 0 Å². The number of nitrogens with one attached hydrogen (secondary N) is 1. The van der Waals surface area contributed by atoms with Crippen molar-refractivity contribution >= 4 is 11.8 Å². The SMILES string of the molecule is N#Cc1ccc(C(=O)N2CCCC(CO)CCNC(=O)CC2)cc1. The number of carbonyl (C=O) groups is 2. The largest absolute Gasteiger partial charge is 0.396 e. The Kier molecular flexibility index (Phi) is 6.76. The highest BCUT2D eigenvalue weighted by molar-refractivity contribution is 5.94. The first-order valence-corrected chi connectivity index (χ1v) is 8.31. The van der Waals surface area contributed by atoms with E-state index in [-0.39, 0.29) is 30.8 Å². The highest BCUT2D eigenvalue weighted by atomic mass is 16.3. The summed E-state index contributed by atoms with van der Waals surface area (Å²) in [4.78, 5) is 26.2. The van der Waals surface area contributed by atoms with E-state index in [4.69, 9.17) is 5.26 Å². The maximum absolute atomic E-state index is 12.7. The molecule has 1 saturated heterocycles. The van der Waals surface area contributed by atoms with E-state index in [1.54, 1.807) is 29.2 Å². The monoisotopic (exact) mass is 329 g/mol. The molecule has 1 unspecified atom stereocenters. The summed E-state index contributed by atoms with van der Waals surface area (Å²) in [7, 11) is 0. The lowest BCUT2D eigenvalue weighted by Gasteiger charge is -2.23. The van der Waals surface area contributed by atoms with Gasteiger partial charge >= 0.3 is 0 Å². The zero-order valence-electron chi connectivity index (χ0n) is 13.7. The Hall–Kier alpha value is -2.39. The molecule has 0 spiro atoms. The van der Waals surface area contributed by atoms with Gasteiger partial charge in [0.05, 0.1) is 11.6 Å². The molecular weight excluding hydrogens is 306 g/mol. The molecule has 1 heterocycles. The first kappa shape index (κ1) is 18.0. The van der Waals surface area contributed by atoms with Crippen LogP contribution in [0.15, 0.2) is 24.3 Å². The van der Waals surface area contributed by atoms with Crippen molar-refractivity contribution in [2.45, 2.75) is 25.7 Å². The summed E-state index contributed by atoms with van der Waals surface area (Å²) in [6.07, 6.45) is 2.64. The summed E-state index contributed by atoms with van der Waals surface area (Å²) >= 11 is 0. The van der Waals surface area contributed by atoms with Gasteiger partial charge in [0.1, 0.15) is 0 Å². The second-order valence-electron chi connectivity index (χ2n) is 6.06. The van der Waals surface area contributed by atoms with Crippen LogP contribution >= 0.6 is 0 Å². The van der Waals surface area contributed by atoms with Gasteiger partial charge < -0.3 is 15.3 Å². The lowest BCUT2D eigenvalue weighted by Crippen LogP contribution is -2.35. The molecule has 1 aromatic rings. The number of hydrogen-bond acceptors (Lipinski definition) is 4. The van der Waals surface area contributed by atoms with Crippen LogP contribution < -0.4 is 5.32 Å². The molecule has 1 aliphatic rings. The van der Waals surface area contributed by atoms with E-state index in [1.165, 1.54) is 0 Å². The Labute approximate surface area is 142 Å². The highest BCUT2D eigenvalue weighted by Crippen LogP contribution is 2.14. The average Bonchev–Trinajstić information content (AvgIpc) is 2.66. The number of hydrogen-bond donors (Lipinski definition) is 2. The Morgan fingerprint density at radius 1 is 1.29 bits per heavy atom. The van der Waals surface area contributed by atoms with Gasteiger partial charge in [0.2, 0.25) is 5.91 Å². The molecule has 0 aliphatic carbocycles. The summed E-state index contributed by atoms with van der Waals surface area (Å²) in [5, 5.41) is 21.1. The van der Waals surface area contributed by atoms with Crippen LogP contribution in [0.5, 0.6) is 0 Å². The molecule has 1 fully saturated rings. The molecule has 24 heavy (non-hydrogen) atoms. The third kappa shape index (κ3) is 5.07. The van der Waals surface area contributed by atoms with Gasteiger partial charge in [0.25, 0.3) is 5.91 Å². The van der Waals surface area contributed by atoms with E-state index >= 15 is 0 Å². The standard InChI is InChI=1S/C18H23N3O3/c19-12-14-3-5-16(6-4-14)18(24)21-10-1-2-15(13-22)7-9-20-17(23)8-11-21/h3-6,15,22H,1-2,7-11,13H2,(H,20,23). The number of benzene rings is 1. The van der Waals surface area contributed by atoms with Gasteiger partial charge in [0, 0.05) is 38.2 Å². The fraction of sp³-hybridized carbons (Fsp3) is 0.500. The summed E-state index contributed by atoms with van der Waals surface area (Å²) in [5.41, 5.74) is 1.03. The molecule has 0 aromatic heterocycles. The van der Waals surface area contributed by atoms with Crippen LogP contribution in [0.25, 0.3) is 0 Å². The van der Waals surface area contributed by atoms with Crippen molar-refractivity contribution in [2.75, 3.05) is 26.2 Å². The number of nitriles is 1. The summed E-state index contributed by atoms with van der Waals surface area (Å²) < 4.78 is 0. The van der Waals surface area contributed by atoms with Crippen LogP contribution in [-0.2, 0) is 4.79 Å². The van der Waals surface area contributed by atoms with Crippen molar-refractivity contribution in [1.82, 2.24) is 10.2 Å². The molecule has 128 valence electrons. The van der Waals surface area contributed by atoms with Crippen molar-refractivity contribution in [3.8, 4) is 6.07 Å². The molecule has 2 N–H and O–H groups in total. The Bertz CT molecular complexity index is 607. The van der Waals surface area contributed by atoms with Gasteiger partial charge in [-0.25, -0.2) is 0 Å². The number of aliphatic hydroxyl groups is 1. The maximum atomic E-state index is 12.7. The molecule has 0 saturated carbocycles. The molecule has 1 atom stereocenters. The lowest BCUT2D eigenvalue weighted by molar-refractivity contribution is -0.121. The maximum Gasteiger partial charge on any atom is 0.253 e. The summed E-state index contributed by atoms with van der Waals surface area (Å²) in [6.45, 7) is 1.59. The van der Waals surface area contributed by atoms with Crippen LogP contribution in [0.1, 0.15) is 41.6 Å². The molecule has 0 bridgehead atoms. The van der Waals surface area contributed by atoms with Gasteiger partial charge in [-0.05, 0) is 49.4 Å². The number of rotatable bonds is 2. The molecule has 1 aromatic carbocycles. The van der Waals surface area contributed by atoms with Crippen molar-refractivity contribution in [2.24, 2.45) is 5.92 Å². The minimum atomic E-state index is -0.132. The van der Waals surface area contributed by atoms with Crippen LogP contribution in [0.2, 0.25) is 0 Å².